The van der Waals surface area contributed by atoms with Gasteiger partial charge in [0, 0.05) is 44.6 Å². The van der Waals surface area contributed by atoms with Crippen LogP contribution in [0.5, 0.6) is 0 Å². The van der Waals surface area contributed by atoms with Crippen molar-refractivity contribution in [3.05, 3.63) is 52.3 Å². The highest BCUT2D eigenvalue weighted by molar-refractivity contribution is 7.89. The van der Waals surface area contributed by atoms with E-state index in [-0.39, 0.29) is 23.6 Å². The van der Waals surface area contributed by atoms with Crippen LogP contribution < -0.4 is 4.72 Å². The van der Waals surface area contributed by atoms with Crippen molar-refractivity contribution in [1.82, 2.24) is 14.2 Å². The molecule has 1 aliphatic rings. The molecular formula is C21H29N3O4S. The average molecular weight is 420 g/mol. The Kier molecular flexibility index (Phi) is 6.45. The average Bonchev–Trinajstić information content (AvgIpc) is 2.92. The Morgan fingerprint density at radius 1 is 1.17 bits per heavy atom. The van der Waals surface area contributed by atoms with Gasteiger partial charge in [0.15, 0.2) is 0 Å². The van der Waals surface area contributed by atoms with Crippen LogP contribution in [0.1, 0.15) is 39.8 Å². The first-order chi connectivity index (χ1) is 13.8. The first-order valence-corrected chi connectivity index (χ1v) is 11.4. The van der Waals surface area contributed by atoms with Crippen molar-refractivity contribution in [3.8, 4) is 0 Å². The highest BCUT2D eigenvalue weighted by Gasteiger charge is 2.31. The predicted octanol–water partition coefficient (Wildman–Crippen LogP) is 2.16. The van der Waals surface area contributed by atoms with Gasteiger partial charge in [-0.05, 0) is 38.3 Å². The van der Waals surface area contributed by atoms with Gasteiger partial charge in [-0.2, -0.15) is 0 Å². The van der Waals surface area contributed by atoms with E-state index in [4.69, 9.17) is 4.74 Å². The number of nitrogens with one attached hydrogen (secondary N) is 1. The summed E-state index contributed by atoms with van der Waals surface area (Å²) in [6.07, 6.45) is 0.965. The standard InChI is InChI=1S/C21H29N3O4S/c1-5-28-21(25)19-15(2)23(4)16(3)20(19)29(26,27)22-11-13-24-12-10-17-8-6-7-9-18(17)14-24/h6-9,22H,5,10-14H2,1-4H3. The maximum atomic E-state index is 13.0. The molecule has 1 aromatic carbocycles. The molecule has 0 radical (unpaired) electrons. The second-order valence-corrected chi connectivity index (χ2v) is 9.05. The Balaban J connectivity index is 1.72. The molecule has 1 aromatic heterocycles. The quantitative estimate of drug-likeness (QED) is 0.696. The summed E-state index contributed by atoms with van der Waals surface area (Å²) < 4.78 is 35.6. The number of sulfonamides is 1. The lowest BCUT2D eigenvalue weighted by molar-refractivity contribution is 0.0521. The van der Waals surface area contributed by atoms with Gasteiger partial charge in [0.1, 0.15) is 10.5 Å². The summed E-state index contributed by atoms with van der Waals surface area (Å²) in [7, 11) is -2.10. The molecule has 8 heteroatoms. The van der Waals surface area contributed by atoms with Crippen molar-refractivity contribution >= 4 is 16.0 Å². The van der Waals surface area contributed by atoms with E-state index in [1.165, 1.54) is 11.1 Å². The third-order valence-electron chi connectivity index (χ3n) is 5.60. The van der Waals surface area contributed by atoms with Gasteiger partial charge in [-0.25, -0.2) is 17.9 Å². The number of hydrogen-bond donors (Lipinski definition) is 1. The fourth-order valence-electron chi connectivity index (χ4n) is 3.84. The van der Waals surface area contributed by atoms with Gasteiger partial charge in [-0.1, -0.05) is 24.3 Å². The lowest BCUT2D eigenvalue weighted by Gasteiger charge is -2.28. The minimum atomic E-state index is -3.85. The van der Waals surface area contributed by atoms with E-state index in [1.807, 2.05) is 12.1 Å². The first kappa shape index (κ1) is 21.5. The Bertz CT molecular complexity index is 1010. The number of esters is 1. The fourth-order valence-corrected chi connectivity index (χ4v) is 5.37. The van der Waals surface area contributed by atoms with Crippen molar-refractivity contribution in [2.45, 2.75) is 38.6 Å². The van der Waals surface area contributed by atoms with E-state index < -0.39 is 16.0 Å². The van der Waals surface area contributed by atoms with Crippen molar-refractivity contribution in [1.29, 1.82) is 0 Å². The molecule has 29 heavy (non-hydrogen) atoms. The number of rotatable bonds is 7. The Labute approximate surface area is 172 Å². The normalized spacial score (nSPS) is 14.6. The molecule has 7 nitrogen and oxygen atoms in total. The first-order valence-electron chi connectivity index (χ1n) is 9.88. The molecule has 1 aliphatic heterocycles. The molecule has 1 N–H and O–H groups in total. The lowest BCUT2D eigenvalue weighted by atomic mass is 10.0. The molecule has 2 heterocycles. The van der Waals surface area contributed by atoms with Crippen molar-refractivity contribution < 1.29 is 17.9 Å². The fraction of sp³-hybridized carbons (Fsp3) is 0.476. The molecule has 0 unspecified atom stereocenters. The number of benzene rings is 1. The van der Waals surface area contributed by atoms with E-state index in [1.54, 1.807) is 32.4 Å². The number of ether oxygens (including phenoxy) is 1. The summed E-state index contributed by atoms with van der Waals surface area (Å²) in [5.41, 5.74) is 3.87. The molecule has 0 amide bonds. The number of aromatic nitrogens is 1. The smallest absolute Gasteiger partial charge is 0.341 e. The van der Waals surface area contributed by atoms with Gasteiger partial charge in [-0.15, -0.1) is 0 Å². The molecule has 2 aromatic rings. The van der Waals surface area contributed by atoms with Crippen LogP contribution in [0.4, 0.5) is 0 Å². The maximum absolute atomic E-state index is 13.0. The van der Waals surface area contributed by atoms with E-state index in [2.05, 4.69) is 21.8 Å². The minimum Gasteiger partial charge on any atom is -0.462 e. The van der Waals surface area contributed by atoms with Crippen LogP contribution in [0.2, 0.25) is 0 Å². The minimum absolute atomic E-state index is 0.0138. The zero-order chi connectivity index (χ0) is 21.2. The molecule has 0 aliphatic carbocycles. The van der Waals surface area contributed by atoms with Crippen molar-refractivity contribution in [2.75, 3.05) is 26.2 Å². The highest BCUT2D eigenvalue weighted by Crippen LogP contribution is 2.27. The summed E-state index contributed by atoms with van der Waals surface area (Å²) in [4.78, 5) is 14.7. The van der Waals surface area contributed by atoms with Gasteiger partial charge in [0.2, 0.25) is 10.0 Å². The number of carbonyl (C=O) groups excluding carboxylic acids is 1. The molecule has 0 atom stereocenters. The van der Waals surface area contributed by atoms with Gasteiger partial charge in [0.25, 0.3) is 0 Å². The van der Waals surface area contributed by atoms with E-state index in [0.29, 0.717) is 17.9 Å². The molecule has 158 valence electrons. The molecule has 0 fully saturated rings. The predicted molar refractivity (Wildman–Crippen MR) is 111 cm³/mol. The van der Waals surface area contributed by atoms with E-state index >= 15 is 0 Å². The van der Waals surface area contributed by atoms with Gasteiger partial charge >= 0.3 is 5.97 Å². The Morgan fingerprint density at radius 3 is 2.55 bits per heavy atom. The molecular weight excluding hydrogens is 390 g/mol. The van der Waals surface area contributed by atoms with Crippen LogP contribution in [-0.2, 0) is 34.8 Å². The number of hydrogen-bond acceptors (Lipinski definition) is 5. The zero-order valence-corrected chi connectivity index (χ0v) is 18.3. The van der Waals surface area contributed by atoms with Gasteiger partial charge in [-0.3, -0.25) is 4.90 Å². The highest BCUT2D eigenvalue weighted by atomic mass is 32.2. The number of carbonyl (C=O) groups is 1. The summed E-state index contributed by atoms with van der Waals surface area (Å²) in [6.45, 7) is 7.91. The van der Waals surface area contributed by atoms with Crippen LogP contribution >= 0.6 is 0 Å². The van der Waals surface area contributed by atoms with Crippen LogP contribution in [0.25, 0.3) is 0 Å². The molecule has 0 saturated heterocycles. The van der Waals surface area contributed by atoms with Crippen LogP contribution in [-0.4, -0.2) is 50.1 Å². The molecule has 3 rings (SSSR count). The summed E-state index contributed by atoms with van der Waals surface area (Å²) in [5.74, 6) is -0.610. The van der Waals surface area contributed by atoms with Crippen molar-refractivity contribution in [2.24, 2.45) is 7.05 Å². The summed E-state index contributed by atoms with van der Waals surface area (Å²) >= 11 is 0. The molecule has 0 bridgehead atoms. The third-order valence-corrected chi connectivity index (χ3v) is 7.22. The van der Waals surface area contributed by atoms with Gasteiger partial charge < -0.3 is 9.30 Å². The van der Waals surface area contributed by atoms with E-state index in [0.717, 1.165) is 19.5 Å². The summed E-state index contributed by atoms with van der Waals surface area (Å²) in [6, 6.07) is 8.34. The summed E-state index contributed by atoms with van der Waals surface area (Å²) in [5, 5.41) is 0. The second-order valence-electron chi connectivity index (χ2n) is 7.35. The molecule has 0 spiro atoms. The maximum Gasteiger partial charge on any atom is 0.341 e. The van der Waals surface area contributed by atoms with Crippen molar-refractivity contribution in [3.63, 3.8) is 0 Å². The monoisotopic (exact) mass is 419 g/mol. The Hall–Kier alpha value is -2.16. The third kappa shape index (κ3) is 4.39. The second kappa shape index (κ2) is 8.69. The zero-order valence-electron chi connectivity index (χ0n) is 17.5. The van der Waals surface area contributed by atoms with Crippen LogP contribution in [0.15, 0.2) is 29.2 Å². The topological polar surface area (TPSA) is 80.6 Å². The van der Waals surface area contributed by atoms with Gasteiger partial charge in [0.05, 0.1) is 6.61 Å². The molecule has 0 saturated carbocycles. The number of nitrogens with zero attached hydrogens (tertiary/aromatic N) is 2. The van der Waals surface area contributed by atoms with E-state index in [9.17, 15) is 13.2 Å². The van der Waals surface area contributed by atoms with Crippen LogP contribution in [0.3, 0.4) is 0 Å². The number of fused-ring (bicyclic) bond motifs is 1. The largest absolute Gasteiger partial charge is 0.462 e. The lowest BCUT2D eigenvalue weighted by Crippen LogP contribution is -2.38. The van der Waals surface area contributed by atoms with Crippen LogP contribution in [0, 0.1) is 13.8 Å². The Morgan fingerprint density at radius 2 is 1.86 bits per heavy atom. The SMILES string of the molecule is CCOC(=O)c1c(S(=O)(=O)NCCN2CCc3ccccc3C2)c(C)n(C)c1C.